The van der Waals surface area contributed by atoms with Crippen LogP contribution in [0.2, 0.25) is 0 Å². The monoisotopic (exact) mass is 272 g/mol. The Morgan fingerprint density at radius 3 is 2.44 bits per heavy atom. The van der Waals surface area contributed by atoms with Gasteiger partial charge in [-0.2, -0.15) is 0 Å². The Labute approximate surface area is 116 Å². The predicted molar refractivity (Wildman–Crippen MR) is 74.9 cm³/mol. The molecule has 1 atom stereocenters. The number of piperidine rings is 2. The normalized spacial score (nSPS) is 30.9. The summed E-state index contributed by atoms with van der Waals surface area (Å²) in [6, 6.07) is 0. The molecule has 2 saturated heterocycles. The highest BCUT2D eigenvalue weighted by atomic mass is 35.5. The molecule has 1 unspecified atom stereocenters. The van der Waals surface area contributed by atoms with Crippen molar-refractivity contribution < 1.29 is 4.79 Å². The zero-order chi connectivity index (χ0) is 11.9. The number of carbonyl (C=O) groups excluding carboxylic acids is 1. The number of hydrogen-bond donors (Lipinski definition) is 1. The topological polar surface area (TPSA) is 32.3 Å². The fourth-order valence-electron chi connectivity index (χ4n) is 3.62. The summed E-state index contributed by atoms with van der Waals surface area (Å²) >= 11 is 0. The van der Waals surface area contributed by atoms with Crippen molar-refractivity contribution in [3.63, 3.8) is 0 Å². The van der Waals surface area contributed by atoms with Gasteiger partial charge in [0, 0.05) is 19.0 Å². The first kappa shape index (κ1) is 14.1. The van der Waals surface area contributed by atoms with Gasteiger partial charge < -0.3 is 10.2 Å². The molecule has 3 aliphatic rings. The molecule has 3 nitrogen and oxygen atoms in total. The van der Waals surface area contributed by atoms with Crippen LogP contribution >= 0.6 is 12.4 Å². The van der Waals surface area contributed by atoms with Gasteiger partial charge in [-0.15, -0.1) is 12.4 Å². The molecule has 3 fully saturated rings. The van der Waals surface area contributed by atoms with Gasteiger partial charge in [-0.1, -0.05) is 6.92 Å². The van der Waals surface area contributed by atoms with Crippen molar-refractivity contribution in [2.75, 3.05) is 26.2 Å². The smallest absolute Gasteiger partial charge is 0.226 e. The van der Waals surface area contributed by atoms with Crippen molar-refractivity contribution in [1.29, 1.82) is 0 Å². The lowest BCUT2D eigenvalue weighted by molar-refractivity contribution is -0.135. The number of hydrogen-bond acceptors (Lipinski definition) is 2. The molecule has 1 amide bonds. The average Bonchev–Trinajstić information content (AvgIpc) is 3.04. The number of likely N-dealkylation sites (tertiary alicyclic amines) is 1. The van der Waals surface area contributed by atoms with E-state index in [1.54, 1.807) is 0 Å². The maximum atomic E-state index is 12.4. The summed E-state index contributed by atoms with van der Waals surface area (Å²) < 4.78 is 0. The molecule has 1 saturated carbocycles. The van der Waals surface area contributed by atoms with Gasteiger partial charge in [0.1, 0.15) is 0 Å². The molecular formula is C14H25ClN2O. The van der Waals surface area contributed by atoms with Gasteiger partial charge in [-0.3, -0.25) is 4.79 Å². The second kappa shape index (κ2) is 5.38. The number of amides is 1. The minimum atomic E-state index is 0. The molecule has 3 rings (SSSR count). The highest BCUT2D eigenvalue weighted by Gasteiger charge is 2.58. The van der Waals surface area contributed by atoms with Crippen molar-refractivity contribution in [3.05, 3.63) is 0 Å². The zero-order valence-electron chi connectivity index (χ0n) is 11.3. The van der Waals surface area contributed by atoms with E-state index < -0.39 is 0 Å². The van der Waals surface area contributed by atoms with Gasteiger partial charge in [-0.05, 0) is 56.5 Å². The number of nitrogens with zero attached hydrogens (tertiary/aromatic N) is 1. The summed E-state index contributed by atoms with van der Waals surface area (Å²) in [5.41, 5.74) is 0.408. The van der Waals surface area contributed by atoms with Crippen molar-refractivity contribution in [1.82, 2.24) is 10.2 Å². The van der Waals surface area contributed by atoms with Crippen molar-refractivity contribution in [2.45, 2.75) is 39.0 Å². The largest absolute Gasteiger partial charge is 0.342 e. The fourth-order valence-corrected chi connectivity index (χ4v) is 3.62. The number of nitrogens with one attached hydrogen (secondary N) is 1. The van der Waals surface area contributed by atoms with Crippen LogP contribution < -0.4 is 5.32 Å². The van der Waals surface area contributed by atoms with Crippen molar-refractivity contribution in [3.8, 4) is 0 Å². The molecule has 0 aromatic rings. The first-order chi connectivity index (χ1) is 8.21. The molecule has 2 aliphatic heterocycles. The van der Waals surface area contributed by atoms with Crippen molar-refractivity contribution in [2.24, 2.45) is 17.3 Å². The van der Waals surface area contributed by atoms with Crippen LogP contribution in [-0.4, -0.2) is 37.0 Å². The quantitative estimate of drug-likeness (QED) is 0.793. The summed E-state index contributed by atoms with van der Waals surface area (Å²) in [6.45, 7) is 6.53. The maximum Gasteiger partial charge on any atom is 0.226 e. The van der Waals surface area contributed by atoms with Gasteiger partial charge in [0.05, 0.1) is 0 Å². The van der Waals surface area contributed by atoms with E-state index in [0.29, 0.717) is 17.2 Å². The van der Waals surface area contributed by atoms with Gasteiger partial charge in [0.15, 0.2) is 0 Å². The first-order valence-corrected chi connectivity index (χ1v) is 7.21. The van der Waals surface area contributed by atoms with E-state index in [4.69, 9.17) is 0 Å². The summed E-state index contributed by atoms with van der Waals surface area (Å²) in [4.78, 5) is 14.6. The lowest BCUT2D eigenvalue weighted by Crippen LogP contribution is -2.40. The Morgan fingerprint density at radius 2 is 1.83 bits per heavy atom. The van der Waals surface area contributed by atoms with E-state index in [2.05, 4.69) is 17.1 Å². The summed E-state index contributed by atoms with van der Waals surface area (Å²) in [6.07, 6.45) is 6.00. The fraction of sp³-hybridized carbons (Fsp3) is 0.929. The Hall–Kier alpha value is -0.280. The first-order valence-electron chi connectivity index (χ1n) is 7.21. The van der Waals surface area contributed by atoms with Crippen LogP contribution in [-0.2, 0) is 4.79 Å². The zero-order valence-corrected chi connectivity index (χ0v) is 12.1. The Morgan fingerprint density at radius 1 is 1.22 bits per heavy atom. The van der Waals surface area contributed by atoms with Gasteiger partial charge in [0.25, 0.3) is 0 Å². The maximum absolute atomic E-state index is 12.4. The van der Waals surface area contributed by atoms with Crippen LogP contribution in [0.25, 0.3) is 0 Å². The van der Waals surface area contributed by atoms with Crippen LogP contribution in [0.4, 0.5) is 0 Å². The third-order valence-electron chi connectivity index (χ3n) is 5.18. The van der Waals surface area contributed by atoms with Crippen LogP contribution in [0.5, 0.6) is 0 Å². The lowest BCUT2D eigenvalue weighted by atomic mass is 9.91. The molecule has 2 heterocycles. The van der Waals surface area contributed by atoms with E-state index in [-0.39, 0.29) is 12.4 Å². The predicted octanol–water partition coefficient (Wildman–Crippen LogP) is 2.06. The number of halogens is 1. The van der Waals surface area contributed by atoms with Crippen LogP contribution in [0, 0.1) is 17.3 Å². The third-order valence-corrected chi connectivity index (χ3v) is 5.18. The SMILES string of the molecule is CC1CCN(C(=O)C2CC23CCNCC3)CC1.Cl. The molecule has 1 N–H and O–H groups in total. The molecule has 4 heteroatoms. The minimum Gasteiger partial charge on any atom is -0.342 e. The minimum absolute atomic E-state index is 0. The summed E-state index contributed by atoms with van der Waals surface area (Å²) in [5.74, 6) is 1.66. The van der Waals surface area contributed by atoms with E-state index in [1.165, 1.54) is 32.1 Å². The Balaban J connectivity index is 0.00000120. The highest BCUT2D eigenvalue weighted by molar-refractivity contribution is 5.85. The Bertz CT molecular complexity index is 307. The lowest BCUT2D eigenvalue weighted by Gasteiger charge is -2.32. The summed E-state index contributed by atoms with van der Waals surface area (Å²) in [7, 11) is 0. The molecule has 0 radical (unpaired) electrons. The second-order valence-corrected chi connectivity index (χ2v) is 6.38. The van der Waals surface area contributed by atoms with Crippen LogP contribution in [0.3, 0.4) is 0 Å². The van der Waals surface area contributed by atoms with E-state index in [1.807, 2.05) is 0 Å². The average molecular weight is 273 g/mol. The molecule has 104 valence electrons. The molecule has 0 bridgehead atoms. The second-order valence-electron chi connectivity index (χ2n) is 6.38. The number of carbonyl (C=O) groups is 1. The highest BCUT2D eigenvalue weighted by Crippen LogP contribution is 2.59. The summed E-state index contributed by atoms with van der Waals surface area (Å²) in [5, 5.41) is 3.40. The van der Waals surface area contributed by atoms with E-state index in [9.17, 15) is 4.79 Å². The van der Waals surface area contributed by atoms with Gasteiger partial charge in [-0.25, -0.2) is 0 Å². The van der Waals surface area contributed by atoms with Crippen LogP contribution in [0.15, 0.2) is 0 Å². The molecular weight excluding hydrogens is 248 g/mol. The number of rotatable bonds is 1. The van der Waals surface area contributed by atoms with E-state index >= 15 is 0 Å². The standard InChI is InChI=1S/C14H24N2O.ClH/c1-11-2-8-16(9-3-11)13(17)12-10-14(12)4-6-15-7-5-14;/h11-12,15H,2-10H2,1H3;1H. The van der Waals surface area contributed by atoms with E-state index in [0.717, 1.165) is 32.1 Å². The van der Waals surface area contributed by atoms with Crippen molar-refractivity contribution >= 4 is 18.3 Å². The molecule has 1 aliphatic carbocycles. The molecule has 18 heavy (non-hydrogen) atoms. The molecule has 1 spiro atoms. The molecule has 0 aromatic heterocycles. The third kappa shape index (κ3) is 2.53. The van der Waals surface area contributed by atoms with Gasteiger partial charge in [0.2, 0.25) is 5.91 Å². The van der Waals surface area contributed by atoms with Crippen LogP contribution in [0.1, 0.15) is 39.0 Å². The van der Waals surface area contributed by atoms with Gasteiger partial charge >= 0.3 is 0 Å². The Kier molecular flexibility index (Phi) is 4.22. The molecule has 0 aromatic carbocycles.